The highest BCUT2D eigenvalue weighted by Crippen LogP contribution is 2.29. The van der Waals surface area contributed by atoms with E-state index in [1.165, 1.54) is 11.0 Å². The van der Waals surface area contributed by atoms with Gasteiger partial charge in [-0.25, -0.2) is 0 Å². The van der Waals surface area contributed by atoms with Crippen LogP contribution in [-0.2, 0) is 11.2 Å². The Balaban J connectivity index is 1.96. The molecule has 1 aromatic heterocycles. The number of hydrogen-bond donors (Lipinski definition) is 2. The van der Waals surface area contributed by atoms with Crippen molar-refractivity contribution in [3.05, 3.63) is 58.2 Å². The molecular weight excluding hydrogens is 354 g/mol. The zero-order valence-electron chi connectivity index (χ0n) is 14.6. The van der Waals surface area contributed by atoms with Crippen molar-refractivity contribution in [1.29, 1.82) is 0 Å². The normalized spacial score (nSPS) is 11.0. The molecule has 0 aliphatic carbocycles. The second-order valence-corrected chi connectivity index (χ2v) is 6.48. The monoisotopic (exact) mass is 373 g/mol. The van der Waals surface area contributed by atoms with Gasteiger partial charge in [0, 0.05) is 43.6 Å². The van der Waals surface area contributed by atoms with E-state index in [0.717, 1.165) is 16.6 Å². The Morgan fingerprint density at radius 3 is 2.85 bits per heavy atom. The number of aromatic amines is 1. The summed E-state index contributed by atoms with van der Waals surface area (Å²) >= 11 is 6.24. The highest BCUT2D eigenvalue weighted by atomic mass is 35.5. The zero-order valence-corrected chi connectivity index (χ0v) is 15.4. The van der Waals surface area contributed by atoms with Gasteiger partial charge in [0.15, 0.2) is 0 Å². The van der Waals surface area contributed by atoms with E-state index >= 15 is 0 Å². The van der Waals surface area contributed by atoms with Crippen LogP contribution < -0.4 is 0 Å². The van der Waals surface area contributed by atoms with Gasteiger partial charge in [0.25, 0.3) is 5.91 Å². The maximum atomic E-state index is 12.6. The Bertz CT molecular complexity index is 939. The number of likely N-dealkylation sites (N-methyl/N-ethyl adjacent to an activating group) is 1. The Kier molecular flexibility index (Phi) is 5.44. The molecule has 0 spiro atoms. The van der Waals surface area contributed by atoms with Crippen LogP contribution in [0, 0.1) is 0 Å². The maximum Gasteiger partial charge on any atom is 0.257 e. The summed E-state index contributed by atoms with van der Waals surface area (Å²) in [6.07, 6.45) is 0.525. The highest BCUT2D eigenvalue weighted by molar-refractivity contribution is 6.31. The van der Waals surface area contributed by atoms with Crippen molar-refractivity contribution < 1.29 is 14.6 Å². The summed E-state index contributed by atoms with van der Waals surface area (Å²) < 4.78 is 5.00. The van der Waals surface area contributed by atoms with Gasteiger partial charge in [-0.05, 0) is 17.7 Å². The van der Waals surface area contributed by atoms with Crippen LogP contribution >= 0.6 is 11.6 Å². The number of rotatable bonds is 6. The number of benzene rings is 2. The van der Waals surface area contributed by atoms with E-state index in [9.17, 15) is 9.90 Å². The van der Waals surface area contributed by atoms with Crippen molar-refractivity contribution in [3.8, 4) is 5.75 Å². The number of aromatic nitrogens is 2. The molecule has 2 N–H and O–H groups in total. The molecule has 26 heavy (non-hydrogen) atoms. The summed E-state index contributed by atoms with van der Waals surface area (Å²) in [6.45, 7) is 0.861. The van der Waals surface area contributed by atoms with Gasteiger partial charge in [0.05, 0.1) is 23.4 Å². The van der Waals surface area contributed by atoms with Gasteiger partial charge in [-0.15, -0.1) is 0 Å². The molecule has 3 rings (SSSR count). The number of H-pyrrole nitrogens is 1. The average molecular weight is 374 g/mol. The molecule has 1 heterocycles. The van der Waals surface area contributed by atoms with Crippen LogP contribution in [0.2, 0.25) is 5.02 Å². The molecule has 0 radical (unpaired) electrons. The van der Waals surface area contributed by atoms with Crippen LogP contribution in [0.25, 0.3) is 10.9 Å². The molecule has 2 aromatic carbocycles. The van der Waals surface area contributed by atoms with Gasteiger partial charge in [-0.1, -0.05) is 29.8 Å². The number of fused-ring (bicyclic) bond motifs is 1. The fraction of sp³-hybridized carbons (Fsp3) is 0.263. The van der Waals surface area contributed by atoms with Crippen LogP contribution in [0.4, 0.5) is 0 Å². The largest absolute Gasteiger partial charge is 0.507 e. The summed E-state index contributed by atoms with van der Waals surface area (Å²) in [6, 6.07) is 10.8. The van der Waals surface area contributed by atoms with Gasteiger partial charge in [-0.2, -0.15) is 5.10 Å². The predicted molar refractivity (Wildman–Crippen MR) is 101 cm³/mol. The number of hydrogen-bond acceptors (Lipinski definition) is 4. The lowest BCUT2D eigenvalue weighted by Gasteiger charge is -2.17. The molecule has 0 fully saturated rings. The molecule has 0 aliphatic rings. The number of aromatic hydroxyl groups is 1. The summed E-state index contributed by atoms with van der Waals surface area (Å²) in [5.41, 5.74) is 2.61. The number of nitrogens with one attached hydrogen (secondary N) is 1. The van der Waals surface area contributed by atoms with Crippen molar-refractivity contribution >= 4 is 28.4 Å². The van der Waals surface area contributed by atoms with E-state index in [2.05, 4.69) is 10.2 Å². The van der Waals surface area contributed by atoms with Crippen molar-refractivity contribution in [2.75, 3.05) is 27.3 Å². The van der Waals surface area contributed by atoms with Gasteiger partial charge in [0.2, 0.25) is 0 Å². The van der Waals surface area contributed by atoms with Gasteiger partial charge in [0.1, 0.15) is 5.75 Å². The van der Waals surface area contributed by atoms with Gasteiger partial charge in [-0.3, -0.25) is 9.89 Å². The molecule has 0 saturated heterocycles. The first kappa shape index (κ1) is 18.2. The predicted octanol–water partition coefficient (Wildman–Crippen LogP) is 3.23. The summed E-state index contributed by atoms with van der Waals surface area (Å²) in [5, 5.41) is 18.9. The second kappa shape index (κ2) is 7.76. The maximum absolute atomic E-state index is 12.6. The SMILES string of the molecule is COCCN(C)C(=O)c1cc2c(Cc3ccccc3Cl)n[nH]c2cc1O. The molecule has 6 nitrogen and oxygen atoms in total. The van der Waals surface area contributed by atoms with E-state index in [1.54, 1.807) is 20.2 Å². The Labute approximate surface area is 156 Å². The number of amides is 1. The zero-order chi connectivity index (χ0) is 18.7. The molecule has 7 heteroatoms. The fourth-order valence-corrected chi connectivity index (χ4v) is 2.97. The highest BCUT2D eigenvalue weighted by Gasteiger charge is 2.19. The van der Waals surface area contributed by atoms with E-state index in [-0.39, 0.29) is 17.2 Å². The van der Waals surface area contributed by atoms with Crippen molar-refractivity contribution in [2.24, 2.45) is 0 Å². The summed E-state index contributed by atoms with van der Waals surface area (Å²) in [7, 11) is 3.25. The Morgan fingerprint density at radius 2 is 2.12 bits per heavy atom. The minimum Gasteiger partial charge on any atom is -0.507 e. The van der Waals surface area contributed by atoms with Crippen LogP contribution in [0.5, 0.6) is 5.75 Å². The first-order valence-electron chi connectivity index (χ1n) is 8.19. The third-order valence-electron chi connectivity index (χ3n) is 4.28. The Hall–Kier alpha value is -2.57. The molecule has 136 valence electrons. The summed E-state index contributed by atoms with van der Waals surface area (Å²) in [5.74, 6) is -0.356. The average Bonchev–Trinajstić information content (AvgIpc) is 3.01. The van der Waals surface area contributed by atoms with Crippen molar-refractivity contribution in [2.45, 2.75) is 6.42 Å². The summed E-state index contributed by atoms with van der Waals surface area (Å²) in [4.78, 5) is 14.1. The van der Waals surface area contributed by atoms with Crippen LogP contribution in [0.15, 0.2) is 36.4 Å². The lowest BCUT2D eigenvalue weighted by Crippen LogP contribution is -2.30. The second-order valence-electron chi connectivity index (χ2n) is 6.07. The number of methoxy groups -OCH3 is 1. The first-order chi connectivity index (χ1) is 12.5. The number of phenolic OH excluding ortho intramolecular Hbond substituents is 1. The molecule has 3 aromatic rings. The molecule has 0 unspecified atom stereocenters. The minimum atomic E-state index is -0.272. The Morgan fingerprint density at radius 1 is 1.35 bits per heavy atom. The van der Waals surface area contributed by atoms with Crippen LogP contribution in [-0.4, -0.2) is 53.4 Å². The van der Waals surface area contributed by atoms with Gasteiger partial charge < -0.3 is 14.7 Å². The number of phenols is 1. The van der Waals surface area contributed by atoms with Crippen molar-refractivity contribution in [1.82, 2.24) is 15.1 Å². The third kappa shape index (κ3) is 3.66. The van der Waals surface area contributed by atoms with E-state index in [4.69, 9.17) is 16.3 Å². The van der Waals surface area contributed by atoms with Crippen LogP contribution in [0.1, 0.15) is 21.6 Å². The fourth-order valence-electron chi connectivity index (χ4n) is 2.77. The quantitative estimate of drug-likeness (QED) is 0.695. The lowest BCUT2D eigenvalue weighted by molar-refractivity contribution is 0.0741. The smallest absolute Gasteiger partial charge is 0.257 e. The molecular formula is C19H20ClN3O3. The van der Waals surface area contributed by atoms with Crippen molar-refractivity contribution in [3.63, 3.8) is 0 Å². The van der Waals surface area contributed by atoms with E-state index in [0.29, 0.717) is 30.1 Å². The van der Waals surface area contributed by atoms with E-state index < -0.39 is 0 Å². The van der Waals surface area contributed by atoms with Gasteiger partial charge >= 0.3 is 0 Å². The van der Waals surface area contributed by atoms with E-state index in [1.807, 2.05) is 24.3 Å². The molecule has 1 amide bonds. The number of halogens is 1. The molecule has 0 bridgehead atoms. The standard InChI is InChI=1S/C19H20ClN3O3/c1-23(7-8-26-2)19(25)14-10-13-16(21-22-17(13)11-18(14)24)9-12-5-3-4-6-15(12)20/h3-6,10-11,24H,7-9H2,1-2H3,(H,21,22). The molecule has 0 saturated carbocycles. The van der Waals surface area contributed by atoms with Crippen LogP contribution in [0.3, 0.4) is 0 Å². The first-order valence-corrected chi connectivity index (χ1v) is 8.57. The lowest BCUT2D eigenvalue weighted by atomic mass is 10.0. The minimum absolute atomic E-state index is 0.0836. The number of nitrogens with zero attached hydrogens (tertiary/aromatic N) is 2. The number of ether oxygens (including phenoxy) is 1. The molecule has 0 atom stereocenters. The third-order valence-corrected chi connectivity index (χ3v) is 4.65. The topological polar surface area (TPSA) is 78.5 Å². The molecule has 0 aliphatic heterocycles. The number of carbonyl (C=O) groups excluding carboxylic acids is 1. The number of carbonyl (C=O) groups is 1.